The molecular formula is C64H44BNO2. The maximum Gasteiger partial charge on any atom is 0.488 e. The number of benzene rings is 12. The van der Waals surface area contributed by atoms with Crippen molar-refractivity contribution in [3.05, 3.63) is 255 Å². The van der Waals surface area contributed by atoms with Crippen molar-refractivity contribution in [2.45, 2.75) is 0 Å². The van der Waals surface area contributed by atoms with Crippen molar-refractivity contribution in [1.29, 1.82) is 0 Å². The van der Waals surface area contributed by atoms with Crippen molar-refractivity contribution in [3.63, 3.8) is 0 Å². The van der Waals surface area contributed by atoms with Crippen molar-refractivity contribution >= 4 is 77.5 Å². The molecule has 0 bridgehead atoms. The van der Waals surface area contributed by atoms with Crippen LogP contribution in [0.4, 0.5) is 0 Å². The van der Waals surface area contributed by atoms with Gasteiger partial charge in [0.25, 0.3) is 0 Å². The predicted octanol–water partition coefficient (Wildman–Crippen LogP) is 15.4. The molecule has 13 aromatic rings. The Labute approximate surface area is 395 Å². The number of para-hydroxylation sites is 2. The number of hydrogen-bond donors (Lipinski definition) is 2. The molecule has 4 heteroatoms. The Morgan fingerprint density at radius 1 is 0.235 bits per heavy atom. The Hall–Kier alpha value is -8.54. The highest BCUT2D eigenvalue weighted by atomic mass is 16.4. The lowest BCUT2D eigenvalue weighted by molar-refractivity contribution is 0.426. The van der Waals surface area contributed by atoms with Crippen LogP contribution in [0.15, 0.2) is 255 Å². The smallest absolute Gasteiger partial charge is 0.423 e. The molecule has 2 N–H and O–H groups in total. The minimum Gasteiger partial charge on any atom is -0.423 e. The average molecular weight is 870 g/mol. The molecule has 3 nitrogen and oxygen atoms in total. The molecule has 0 unspecified atom stereocenters. The van der Waals surface area contributed by atoms with Crippen LogP contribution in [0.1, 0.15) is 0 Å². The topological polar surface area (TPSA) is 45.4 Å². The van der Waals surface area contributed by atoms with Gasteiger partial charge in [-0.1, -0.05) is 231 Å². The molecule has 12 aromatic carbocycles. The quantitative estimate of drug-likeness (QED) is 0.129. The minimum absolute atomic E-state index is 0.489. The molecule has 13 rings (SSSR count). The van der Waals surface area contributed by atoms with E-state index in [-0.39, 0.29) is 0 Å². The molecule has 1 heterocycles. The molecule has 0 atom stereocenters. The number of rotatable bonds is 6. The summed E-state index contributed by atoms with van der Waals surface area (Å²) in [5.41, 5.74) is 13.8. The number of nitrogens with zero attached hydrogens (tertiary/aromatic N) is 1. The number of aromatic nitrogens is 1. The Kier molecular flexibility index (Phi) is 10.4. The third-order valence-electron chi connectivity index (χ3n) is 13.5. The van der Waals surface area contributed by atoms with E-state index >= 15 is 0 Å². The highest BCUT2D eigenvalue weighted by molar-refractivity contribution is 6.58. The van der Waals surface area contributed by atoms with Crippen molar-refractivity contribution in [1.82, 2.24) is 4.57 Å². The van der Waals surface area contributed by atoms with Crippen LogP contribution in [0.5, 0.6) is 0 Å². The maximum absolute atomic E-state index is 9.45. The summed E-state index contributed by atoms with van der Waals surface area (Å²) in [5, 5.41) is 31.4. The summed E-state index contributed by atoms with van der Waals surface area (Å²) in [7, 11) is -1.46. The van der Waals surface area contributed by atoms with Gasteiger partial charge in [-0.3, -0.25) is 0 Å². The monoisotopic (exact) mass is 869 g/mol. The highest BCUT2D eigenvalue weighted by Crippen LogP contribution is 2.45. The Morgan fingerprint density at radius 2 is 0.485 bits per heavy atom. The molecule has 68 heavy (non-hydrogen) atoms. The molecule has 0 amide bonds. The van der Waals surface area contributed by atoms with Gasteiger partial charge in [-0.2, -0.15) is 0 Å². The van der Waals surface area contributed by atoms with E-state index in [1.165, 1.54) is 104 Å². The predicted molar refractivity (Wildman–Crippen MR) is 289 cm³/mol. The van der Waals surface area contributed by atoms with Crippen molar-refractivity contribution in [2.24, 2.45) is 0 Å². The molecule has 0 spiro atoms. The zero-order valence-corrected chi connectivity index (χ0v) is 37.2. The molecule has 0 fully saturated rings. The van der Waals surface area contributed by atoms with Crippen LogP contribution in [0.3, 0.4) is 0 Å². The molecule has 0 aliphatic heterocycles. The third-order valence-corrected chi connectivity index (χ3v) is 13.5. The van der Waals surface area contributed by atoms with Gasteiger partial charge < -0.3 is 14.6 Å². The highest BCUT2D eigenvalue weighted by Gasteiger charge is 2.19. The van der Waals surface area contributed by atoms with E-state index in [0.29, 0.717) is 5.46 Å². The van der Waals surface area contributed by atoms with E-state index in [2.05, 4.69) is 229 Å². The van der Waals surface area contributed by atoms with Crippen LogP contribution in [-0.2, 0) is 0 Å². The van der Waals surface area contributed by atoms with E-state index in [1.54, 1.807) is 12.1 Å². The third kappa shape index (κ3) is 7.03. The summed E-state index contributed by atoms with van der Waals surface area (Å²) in [6.07, 6.45) is 0. The lowest BCUT2D eigenvalue weighted by atomic mass is 9.79. The van der Waals surface area contributed by atoms with Crippen LogP contribution < -0.4 is 5.46 Å². The molecular weight excluding hydrogens is 826 g/mol. The molecule has 1 aromatic heterocycles. The summed E-state index contributed by atoms with van der Waals surface area (Å²) < 4.78 is 2.38. The second-order valence-electron chi connectivity index (χ2n) is 17.3. The molecule has 0 radical (unpaired) electrons. The fourth-order valence-electron chi connectivity index (χ4n) is 10.5. The SMILES string of the molecule is OB(O)c1ccc(-c2c3ccccc3c(-c3ccccc3)c3ccccc23)cc1.c1ccc(-c2c3ccccc3c(-c3ccc(-n4c5ccccc5c5ccccc54)cc3)c3ccccc23)cc1. The minimum atomic E-state index is -1.46. The Balaban J connectivity index is 0.000000148. The molecule has 0 saturated carbocycles. The first-order chi connectivity index (χ1) is 33.6. The van der Waals surface area contributed by atoms with Crippen molar-refractivity contribution in [3.8, 4) is 50.2 Å². The Morgan fingerprint density at radius 3 is 0.794 bits per heavy atom. The lowest BCUT2D eigenvalue weighted by Gasteiger charge is -2.18. The van der Waals surface area contributed by atoms with Gasteiger partial charge in [-0.25, -0.2) is 0 Å². The van der Waals surface area contributed by atoms with E-state index < -0.39 is 7.12 Å². The first-order valence-corrected chi connectivity index (χ1v) is 23.2. The van der Waals surface area contributed by atoms with E-state index in [0.717, 1.165) is 11.1 Å². The Bertz CT molecular complexity index is 3810. The van der Waals surface area contributed by atoms with E-state index in [9.17, 15) is 10.0 Å². The molecule has 0 aliphatic carbocycles. The fourth-order valence-corrected chi connectivity index (χ4v) is 10.5. The lowest BCUT2D eigenvalue weighted by Crippen LogP contribution is -2.29. The van der Waals surface area contributed by atoms with Crippen molar-refractivity contribution < 1.29 is 10.0 Å². The van der Waals surface area contributed by atoms with Gasteiger partial charge in [-0.15, -0.1) is 0 Å². The fraction of sp³-hybridized carbons (Fsp3) is 0. The summed E-state index contributed by atoms with van der Waals surface area (Å²) >= 11 is 0. The standard InChI is InChI=1S/C38H25N.C26H19BO2/c1-2-12-26(13-3-1)37-31-16-4-6-18-33(31)38(34-19-7-5-17-32(34)37)27-22-24-28(25-23-27)39-35-20-10-8-14-29(35)30-15-9-11-21-36(30)39;28-27(29)20-16-14-19(15-17-20)26-23-12-6-4-10-21(23)25(18-8-2-1-3-9-18)22-11-5-7-13-24(22)26/h1-25H;1-17,28-29H. The number of hydrogen-bond acceptors (Lipinski definition) is 2. The van der Waals surface area contributed by atoms with Gasteiger partial charge in [0.2, 0.25) is 0 Å². The van der Waals surface area contributed by atoms with E-state index in [1.807, 2.05) is 18.2 Å². The van der Waals surface area contributed by atoms with Crippen LogP contribution in [0.25, 0.3) is 115 Å². The largest absolute Gasteiger partial charge is 0.488 e. The van der Waals surface area contributed by atoms with E-state index in [4.69, 9.17) is 0 Å². The molecule has 320 valence electrons. The number of fused-ring (bicyclic) bond motifs is 7. The molecule has 0 aliphatic rings. The first kappa shape index (κ1) is 40.9. The van der Waals surface area contributed by atoms with Crippen LogP contribution in [-0.4, -0.2) is 21.7 Å². The van der Waals surface area contributed by atoms with Gasteiger partial charge in [-0.05, 0) is 117 Å². The second kappa shape index (κ2) is 17.4. The average Bonchev–Trinajstić information content (AvgIpc) is 3.74. The first-order valence-electron chi connectivity index (χ1n) is 23.2. The molecule has 0 saturated heterocycles. The summed E-state index contributed by atoms with van der Waals surface area (Å²) in [6.45, 7) is 0. The summed E-state index contributed by atoms with van der Waals surface area (Å²) in [5.74, 6) is 0. The maximum atomic E-state index is 9.45. The summed E-state index contributed by atoms with van der Waals surface area (Å²) in [6, 6.07) is 89.9. The van der Waals surface area contributed by atoms with Crippen molar-refractivity contribution in [2.75, 3.05) is 0 Å². The van der Waals surface area contributed by atoms with Gasteiger partial charge in [0.05, 0.1) is 11.0 Å². The normalized spacial score (nSPS) is 11.4. The zero-order valence-electron chi connectivity index (χ0n) is 37.2. The summed E-state index contributed by atoms with van der Waals surface area (Å²) in [4.78, 5) is 0. The van der Waals surface area contributed by atoms with Gasteiger partial charge in [0.15, 0.2) is 0 Å². The van der Waals surface area contributed by atoms with Gasteiger partial charge in [0.1, 0.15) is 0 Å². The van der Waals surface area contributed by atoms with Crippen LogP contribution in [0.2, 0.25) is 0 Å². The van der Waals surface area contributed by atoms with Gasteiger partial charge in [0, 0.05) is 16.5 Å². The van der Waals surface area contributed by atoms with Gasteiger partial charge >= 0.3 is 7.12 Å². The zero-order chi connectivity index (χ0) is 45.6. The van der Waals surface area contributed by atoms with Crippen LogP contribution in [0, 0.1) is 0 Å². The van der Waals surface area contributed by atoms with Crippen LogP contribution >= 0.6 is 0 Å². The second-order valence-corrected chi connectivity index (χ2v) is 17.3.